The summed E-state index contributed by atoms with van der Waals surface area (Å²) in [4.78, 5) is 0. The third-order valence-electron chi connectivity index (χ3n) is 2.40. The van der Waals surface area contributed by atoms with E-state index in [1.54, 1.807) is 0 Å². The van der Waals surface area contributed by atoms with E-state index in [-0.39, 0.29) is 18.7 Å². The minimum Gasteiger partial charge on any atom is -0.394 e. The first-order valence-electron chi connectivity index (χ1n) is 5.19. The number of terminal acetylenes is 1. The monoisotopic (exact) mass is 203 g/mol. The third-order valence-corrected chi connectivity index (χ3v) is 2.40. The molecule has 15 heavy (non-hydrogen) atoms. The van der Waals surface area contributed by atoms with Crippen molar-refractivity contribution in [2.45, 2.75) is 25.4 Å². The molecule has 0 spiro atoms. The van der Waals surface area contributed by atoms with Gasteiger partial charge in [-0.25, -0.2) is 0 Å². The van der Waals surface area contributed by atoms with Crippen molar-refractivity contribution in [2.24, 2.45) is 0 Å². The Balaban J connectivity index is 2.69. The molecule has 2 nitrogen and oxygen atoms in total. The van der Waals surface area contributed by atoms with E-state index >= 15 is 0 Å². The molecule has 0 aliphatic heterocycles. The second-order valence-electron chi connectivity index (χ2n) is 3.44. The summed E-state index contributed by atoms with van der Waals surface area (Å²) in [7, 11) is 0. The van der Waals surface area contributed by atoms with Crippen molar-refractivity contribution in [2.75, 3.05) is 6.61 Å². The Labute approximate surface area is 91.3 Å². The quantitative estimate of drug-likeness (QED) is 0.714. The molecule has 1 rings (SSSR count). The molecule has 80 valence electrons. The van der Waals surface area contributed by atoms with E-state index in [4.69, 9.17) is 6.42 Å². The zero-order valence-electron chi connectivity index (χ0n) is 8.98. The van der Waals surface area contributed by atoms with Gasteiger partial charge in [0, 0.05) is 0 Å². The highest BCUT2D eigenvalue weighted by atomic mass is 16.3. The number of hydrogen-bond acceptors (Lipinski definition) is 2. The van der Waals surface area contributed by atoms with Crippen LogP contribution in [0.25, 0.3) is 0 Å². The van der Waals surface area contributed by atoms with Crippen molar-refractivity contribution in [3.05, 3.63) is 35.9 Å². The molecule has 2 heteroatoms. The number of aliphatic hydroxyl groups excluding tert-OH is 1. The van der Waals surface area contributed by atoms with Gasteiger partial charge in [-0.15, -0.1) is 6.42 Å². The standard InChI is InChI=1S/C13H17NO/c1-3-12(4-2)14-13(10-15)11-8-6-5-7-9-11/h1,5-9,12-15H,4,10H2,2H3. The van der Waals surface area contributed by atoms with Crippen LogP contribution < -0.4 is 5.32 Å². The molecule has 1 aromatic carbocycles. The lowest BCUT2D eigenvalue weighted by Crippen LogP contribution is -2.33. The summed E-state index contributed by atoms with van der Waals surface area (Å²) in [5.41, 5.74) is 1.06. The molecule has 0 saturated carbocycles. The fourth-order valence-electron chi connectivity index (χ4n) is 1.47. The molecular weight excluding hydrogens is 186 g/mol. The normalized spacial score (nSPS) is 14.2. The molecule has 2 unspecified atom stereocenters. The summed E-state index contributed by atoms with van der Waals surface area (Å²) in [6.07, 6.45) is 6.23. The van der Waals surface area contributed by atoms with Gasteiger partial charge < -0.3 is 5.11 Å². The van der Waals surface area contributed by atoms with Crippen LogP contribution in [0.4, 0.5) is 0 Å². The molecule has 2 N–H and O–H groups in total. The maximum atomic E-state index is 9.29. The summed E-state index contributed by atoms with van der Waals surface area (Å²) in [6.45, 7) is 2.08. The molecule has 0 amide bonds. The highest BCUT2D eigenvalue weighted by Crippen LogP contribution is 2.12. The molecule has 0 aliphatic carbocycles. The van der Waals surface area contributed by atoms with Gasteiger partial charge in [0.05, 0.1) is 18.7 Å². The molecular formula is C13H17NO. The Kier molecular flexibility index (Phi) is 4.89. The fraction of sp³-hybridized carbons (Fsp3) is 0.385. The average molecular weight is 203 g/mol. The predicted molar refractivity (Wildman–Crippen MR) is 62.3 cm³/mol. The predicted octanol–water partition coefficient (Wildman–Crippen LogP) is 1.72. The first-order chi connectivity index (χ1) is 7.31. The van der Waals surface area contributed by atoms with Crippen LogP contribution in [-0.2, 0) is 0 Å². The maximum Gasteiger partial charge on any atom is 0.0689 e. The van der Waals surface area contributed by atoms with Crippen molar-refractivity contribution in [3.8, 4) is 12.3 Å². The maximum absolute atomic E-state index is 9.29. The van der Waals surface area contributed by atoms with Gasteiger partial charge in [-0.1, -0.05) is 43.2 Å². The van der Waals surface area contributed by atoms with Crippen LogP contribution in [0.1, 0.15) is 24.9 Å². The fourth-order valence-corrected chi connectivity index (χ4v) is 1.47. The molecule has 1 aromatic rings. The largest absolute Gasteiger partial charge is 0.394 e. The second kappa shape index (κ2) is 6.23. The van der Waals surface area contributed by atoms with Crippen molar-refractivity contribution in [1.29, 1.82) is 0 Å². The van der Waals surface area contributed by atoms with E-state index in [1.165, 1.54) is 0 Å². The van der Waals surface area contributed by atoms with Gasteiger partial charge >= 0.3 is 0 Å². The van der Waals surface area contributed by atoms with Gasteiger partial charge in [0.15, 0.2) is 0 Å². The van der Waals surface area contributed by atoms with E-state index in [0.29, 0.717) is 0 Å². The molecule has 0 bridgehead atoms. The lowest BCUT2D eigenvalue weighted by Gasteiger charge is -2.20. The number of benzene rings is 1. The van der Waals surface area contributed by atoms with Crippen LogP contribution in [0.15, 0.2) is 30.3 Å². The Morgan fingerprint density at radius 1 is 1.40 bits per heavy atom. The SMILES string of the molecule is C#CC(CC)NC(CO)c1ccccc1. The summed E-state index contributed by atoms with van der Waals surface area (Å²) in [6, 6.07) is 9.77. The number of rotatable bonds is 5. The van der Waals surface area contributed by atoms with Crippen molar-refractivity contribution < 1.29 is 5.11 Å². The van der Waals surface area contributed by atoms with Crippen molar-refractivity contribution in [3.63, 3.8) is 0 Å². The lowest BCUT2D eigenvalue weighted by molar-refractivity contribution is 0.239. The summed E-state index contributed by atoms with van der Waals surface area (Å²) in [5.74, 6) is 2.66. The lowest BCUT2D eigenvalue weighted by atomic mass is 10.1. The van der Waals surface area contributed by atoms with Crippen molar-refractivity contribution in [1.82, 2.24) is 5.32 Å². The van der Waals surface area contributed by atoms with E-state index in [0.717, 1.165) is 12.0 Å². The summed E-state index contributed by atoms with van der Waals surface area (Å²) < 4.78 is 0. The van der Waals surface area contributed by atoms with Crippen LogP contribution in [0, 0.1) is 12.3 Å². The molecule has 0 aliphatic rings. The molecule has 2 atom stereocenters. The van der Waals surface area contributed by atoms with Crippen LogP contribution in [0.3, 0.4) is 0 Å². The van der Waals surface area contributed by atoms with E-state index in [1.807, 2.05) is 37.3 Å². The number of nitrogens with one attached hydrogen (secondary N) is 1. The number of aliphatic hydroxyl groups is 1. The third kappa shape index (κ3) is 3.39. The Morgan fingerprint density at radius 2 is 2.07 bits per heavy atom. The van der Waals surface area contributed by atoms with Gasteiger partial charge in [-0.2, -0.15) is 0 Å². The van der Waals surface area contributed by atoms with Gasteiger partial charge in [0.1, 0.15) is 0 Å². The second-order valence-corrected chi connectivity index (χ2v) is 3.44. The minimum atomic E-state index is -0.0767. The molecule has 0 radical (unpaired) electrons. The van der Waals surface area contributed by atoms with E-state index in [2.05, 4.69) is 11.2 Å². The van der Waals surface area contributed by atoms with Gasteiger partial charge in [-0.05, 0) is 12.0 Å². The summed E-state index contributed by atoms with van der Waals surface area (Å²) >= 11 is 0. The zero-order chi connectivity index (χ0) is 11.1. The van der Waals surface area contributed by atoms with Crippen LogP contribution in [0.5, 0.6) is 0 Å². The zero-order valence-corrected chi connectivity index (χ0v) is 8.98. The van der Waals surface area contributed by atoms with Gasteiger partial charge in [0.2, 0.25) is 0 Å². The van der Waals surface area contributed by atoms with Gasteiger partial charge in [0.25, 0.3) is 0 Å². The highest BCUT2D eigenvalue weighted by molar-refractivity contribution is 5.19. The molecule has 0 heterocycles. The smallest absolute Gasteiger partial charge is 0.0689 e. The van der Waals surface area contributed by atoms with Crippen LogP contribution in [0.2, 0.25) is 0 Å². The first-order valence-corrected chi connectivity index (χ1v) is 5.19. The molecule has 0 fully saturated rings. The molecule has 0 aromatic heterocycles. The minimum absolute atomic E-state index is 0.0161. The topological polar surface area (TPSA) is 32.3 Å². The van der Waals surface area contributed by atoms with E-state index in [9.17, 15) is 5.11 Å². The Hall–Kier alpha value is -1.30. The molecule has 0 saturated heterocycles. The Morgan fingerprint density at radius 3 is 2.53 bits per heavy atom. The van der Waals surface area contributed by atoms with Crippen LogP contribution in [-0.4, -0.2) is 17.8 Å². The number of hydrogen-bond donors (Lipinski definition) is 2. The van der Waals surface area contributed by atoms with E-state index < -0.39 is 0 Å². The summed E-state index contributed by atoms with van der Waals surface area (Å²) in [5, 5.41) is 12.5. The highest BCUT2D eigenvalue weighted by Gasteiger charge is 2.12. The van der Waals surface area contributed by atoms with Crippen LogP contribution >= 0.6 is 0 Å². The average Bonchev–Trinajstić information content (AvgIpc) is 2.32. The Bertz CT molecular complexity index is 315. The van der Waals surface area contributed by atoms with Crippen molar-refractivity contribution >= 4 is 0 Å². The van der Waals surface area contributed by atoms with Gasteiger partial charge in [-0.3, -0.25) is 5.32 Å². The first kappa shape index (κ1) is 11.8.